The molecule has 0 aliphatic heterocycles. The third kappa shape index (κ3) is 0.902. The van der Waals surface area contributed by atoms with E-state index in [9.17, 15) is 4.79 Å². The molecule has 53 valence electrons. The summed E-state index contributed by atoms with van der Waals surface area (Å²) in [5.74, 6) is 0. The molecule has 0 fully saturated rings. The van der Waals surface area contributed by atoms with E-state index in [1.807, 2.05) is 0 Å². The highest BCUT2D eigenvalue weighted by Gasteiger charge is 1.97. The van der Waals surface area contributed by atoms with Crippen LogP contribution in [0.5, 0.6) is 0 Å². The Bertz CT molecular complexity index is 428. The maximum absolute atomic E-state index is 11.0. The standard InChI is InChI=1S/C8H4NO2/c10-7-3-5-11-8-6(7)2-1-4-9-8/h1-4H. The summed E-state index contributed by atoms with van der Waals surface area (Å²) in [7, 11) is 0. The van der Waals surface area contributed by atoms with Crippen LogP contribution in [-0.4, -0.2) is 4.98 Å². The molecule has 2 rings (SSSR count). The van der Waals surface area contributed by atoms with Crippen molar-refractivity contribution < 1.29 is 4.42 Å². The van der Waals surface area contributed by atoms with Crippen molar-refractivity contribution in [1.82, 2.24) is 4.98 Å². The molecular formula is C8H4NO2. The van der Waals surface area contributed by atoms with Gasteiger partial charge in [0.25, 0.3) is 0 Å². The molecule has 1 radical (unpaired) electrons. The molecule has 0 aliphatic rings. The minimum atomic E-state index is -0.112. The normalized spacial score (nSPS) is 10.2. The molecule has 2 heterocycles. The predicted octanol–water partition coefficient (Wildman–Crippen LogP) is 0.988. The molecule has 0 N–H and O–H groups in total. The van der Waals surface area contributed by atoms with Gasteiger partial charge in [0.1, 0.15) is 0 Å². The highest BCUT2D eigenvalue weighted by atomic mass is 16.3. The maximum Gasteiger partial charge on any atom is 0.230 e. The topological polar surface area (TPSA) is 43.1 Å². The van der Waals surface area contributed by atoms with Crippen LogP contribution in [0.2, 0.25) is 0 Å². The largest absolute Gasteiger partial charge is 0.434 e. The van der Waals surface area contributed by atoms with E-state index in [0.717, 1.165) is 0 Å². The average molecular weight is 146 g/mol. The van der Waals surface area contributed by atoms with Crippen LogP contribution in [0.25, 0.3) is 11.1 Å². The fourth-order valence-corrected chi connectivity index (χ4v) is 0.876. The molecule has 0 bridgehead atoms. The van der Waals surface area contributed by atoms with E-state index in [1.54, 1.807) is 18.3 Å². The number of nitrogens with zero attached hydrogens (tertiary/aromatic N) is 1. The van der Waals surface area contributed by atoms with Gasteiger partial charge in [-0.2, -0.15) is 0 Å². The molecule has 2 aromatic rings. The van der Waals surface area contributed by atoms with Crippen LogP contribution in [0, 0.1) is 6.26 Å². The Morgan fingerprint density at radius 1 is 1.55 bits per heavy atom. The molecule has 0 spiro atoms. The van der Waals surface area contributed by atoms with Crippen molar-refractivity contribution in [2.24, 2.45) is 0 Å². The quantitative estimate of drug-likeness (QED) is 0.556. The van der Waals surface area contributed by atoms with Crippen LogP contribution < -0.4 is 5.43 Å². The zero-order chi connectivity index (χ0) is 7.68. The van der Waals surface area contributed by atoms with Crippen molar-refractivity contribution in [3.63, 3.8) is 0 Å². The van der Waals surface area contributed by atoms with E-state index in [1.165, 1.54) is 6.07 Å². The second-order valence-electron chi connectivity index (χ2n) is 2.08. The smallest absolute Gasteiger partial charge is 0.230 e. The monoisotopic (exact) mass is 146 g/mol. The van der Waals surface area contributed by atoms with Gasteiger partial charge in [0, 0.05) is 12.3 Å². The molecule has 0 unspecified atom stereocenters. The van der Waals surface area contributed by atoms with Crippen molar-refractivity contribution in [1.29, 1.82) is 0 Å². The second-order valence-corrected chi connectivity index (χ2v) is 2.08. The van der Waals surface area contributed by atoms with Crippen molar-refractivity contribution >= 4 is 11.1 Å². The number of aromatic nitrogens is 1. The first-order chi connectivity index (χ1) is 5.38. The van der Waals surface area contributed by atoms with E-state index in [4.69, 9.17) is 4.42 Å². The Morgan fingerprint density at radius 2 is 2.45 bits per heavy atom. The third-order valence-corrected chi connectivity index (χ3v) is 1.38. The van der Waals surface area contributed by atoms with Gasteiger partial charge in [-0.1, -0.05) is 0 Å². The molecule has 0 atom stereocenters. The van der Waals surface area contributed by atoms with Gasteiger partial charge in [-0.05, 0) is 12.1 Å². The number of hydrogen-bond donors (Lipinski definition) is 0. The Labute approximate surface area is 62.3 Å². The average Bonchev–Trinajstić information content (AvgIpc) is 2.06. The summed E-state index contributed by atoms with van der Waals surface area (Å²) >= 11 is 0. The third-order valence-electron chi connectivity index (χ3n) is 1.38. The van der Waals surface area contributed by atoms with Crippen molar-refractivity contribution in [2.75, 3.05) is 0 Å². The van der Waals surface area contributed by atoms with Gasteiger partial charge in [0.15, 0.2) is 11.7 Å². The molecule has 0 amide bonds. The number of rotatable bonds is 0. The summed E-state index contributed by atoms with van der Waals surface area (Å²) < 4.78 is 4.86. The van der Waals surface area contributed by atoms with Crippen molar-refractivity contribution in [2.45, 2.75) is 0 Å². The summed E-state index contributed by atoms with van der Waals surface area (Å²) in [4.78, 5) is 14.9. The molecule has 11 heavy (non-hydrogen) atoms. The number of pyridine rings is 1. The molecule has 0 aliphatic carbocycles. The molecule has 0 saturated heterocycles. The lowest BCUT2D eigenvalue weighted by atomic mass is 10.3. The van der Waals surface area contributed by atoms with E-state index in [0.29, 0.717) is 11.1 Å². The van der Waals surface area contributed by atoms with Crippen LogP contribution in [0.4, 0.5) is 0 Å². The number of fused-ring (bicyclic) bond motifs is 1. The fourth-order valence-electron chi connectivity index (χ4n) is 0.876. The minimum Gasteiger partial charge on any atom is -0.434 e. The lowest BCUT2D eigenvalue weighted by Crippen LogP contribution is -1.98. The van der Waals surface area contributed by atoms with E-state index >= 15 is 0 Å². The van der Waals surface area contributed by atoms with Crippen LogP contribution in [0.15, 0.2) is 33.6 Å². The van der Waals surface area contributed by atoms with Gasteiger partial charge >= 0.3 is 0 Å². The lowest BCUT2D eigenvalue weighted by molar-refractivity contribution is 0.580. The second kappa shape index (κ2) is 2.20. The first-order valence-corrected chi connectivity index (χ1v) is 3.13. The van der Waals surface area contributed by atoms with Gasteiger partial charge in [0.05, 0.1) is 5.39 Å². The van der Waals surface area contributed by atoms with E-state index in [-0.39, 0.29) is 5.43 Å². The Morgan fingerprint density at radius 3 is 3.27 bits per heavy atom. The maximum atomic E-state index is 11.0. The molecule has 2 aromatic heterocycles. The summed E-state index contributed by atoms with van der Waals surface area (Å²) in [6, 6.07) is 4.62. The van der Waals surface area contributed by atoms with Gasteiger partial charge in [-0.3, -0.25) is 4.79 Å². The first-order valence-electron chi connectivity index (χ1n) is 3.13. The Kier molecular flexibility index (Phi) is 1.22. The number of hydrogen-bond acceptors (Lipinski definition) is 3. The summed E-state index contributed by atoms with van der Waals surface area (Å²) in [5, 5.41) is 0.492. The van der Waals surface area contributed by atoms with Gasteiger partial charge < -0.3 is 4.42 Å². The Hall–Kier alpha value is -1.64. The predicted molar refractivity (Wildman–Crippen MR) is 39.1 cm³/mol. The van der Waals surface area contributed by atoms with Crippen molar-refractivity contribution in [3.05, 3.63) is 40.9 Å². The van der Waals surface area contributed by atoms with E-state index < -0.39 is 0 Å². The van der Waals surface area contributed by atoms with Crippen LogP contribution in [0.3, 0.4) is 0 Å². The summed E-state index contributed by atoms with van der Waals surface area (Å²) in [5.41, 5.74) is 0.222. The lowest BCUT2D eigenvalue weighted by Gasteiger charge is -1.89. The van der Waals surface area contributed by atoms with E-state index in [2.05, 4.69) is 11.2 Å². The van der Waals surface area contributed by atoms with Crippen LogP contribution >= 0.6 is 0 Å². The van der Waals surface area contributed by atoms with Crippen molar-refractivity contribution in [3.8, 4) is 0 Å². The molecular weight excluding hydrogens is 142 g/mol. The molecule has 0 saturated carbocycles. The first kappa shape index (κ1) is 6.09. The Balaban J connectivity index is 3.03. The van der Waals surface area contributed by atoms with Gasteiger partial charge in [-0.25, -0.2) is 4.98 Å². The summed E-state index contributed by atoms with van der Waals surface area (Å²) in [6.45, 7) is 0. The minimum absolute atomic E-state index is 0.112. The SMILES string of the molecule is O=c1c[c]oc2ncccc12. The molecule has 0 aromatic carbocycles. The highest BCUT2D eigenvalue weighted by molar-refractivity contribution is 5.71. The molecule has 3 heteroatoms. The zero-order valence-electron chi connectivity index (χ0n) is 5.57. The van der Waals surface area contributed by atoms with Crippen LogP contribution in [-0.2, 0) is 0 Å². The zero-order valence-corrected chi connectivity index (χ0v) is 5.57. The van der Waals surface area contributed by atoms with Gasteiger partial charge in [0.2, 0.25) is 5.71 Å². The molecule has 3 nitrogen and oxygen atoms in total. The fraction of sp³-hybridized carbons (Fsp3) is 0. The van der Waals surface area contributed by atoms with Crippen LogP contribution in [0.1, 0.15) is 0 Å². The highest BCUT2D eigenvalue weighted by Crippen LogP contribution is 2.02. The van der Waals surface area contributed by atoms with Gasteiger partial charge in [-0.15, -0.1) is 0 Å². The summed E-state index contributed by atoms with van der Waals surface area (Å²) in [6.07, 6.45) is 3.92.